The Kier molecular flexibility index (Phi) is 10.2. The number of nitriles is 1. The van der Waals surface area contributed by atoms with Crippen molar-refractivity contribution >= 4 is 17.5 Å². The molecule has 0 spiro atoms. The predicted molar refractivity (Wildman–Crippen MR) is 154 cm³/mol. The van der Waals surface area contributed by atoms with E-state index in [1.54, 1.807) is 18.2 Å². The Bertz CT molecular complexity index is 1310. The number of carbonyl (C=O) groups excluding carboxylic acids is 1. The van der Waals surface area contributed by atoms with Crippen LogP contribution in [0.4, 0.5) is 4.39 Å². The van der Waals surface area contributed by atoms with Crippen LogP contribution >= 0.6 is 11.6 Å². The molecule has 5 N–H and O–H groups in total. The van der Waals surface area contributed by atoms with Crippen molar-refractivity contribution in [3.05, 3.63) is 64.2 Å². The summed E-state index contributed by atoms with van der Waals surface area (Å²) >= 11 is 6.47. The van der Waals surface area contributed by atoms with Crippen molar-refractivity contribution in [3.8, 4) is 11.8 Å². The first-order valence-electron chi connectivity index (χ1n) is 14.6. The number of hydrogen-bond acceptors (Lipinski definition) is 9. The van der Waals surface area contributed by atoms with Crippen LogP contribution in [0.5, 0.6) is 5.75 Å². The highest BCUT2D eigenvalue weighted by Crippen LogP contribution is 2.35. The molecule has 0 radical (unpaired) electrons. The number of alkyl halides is 1. The first kappa shape index (κ1) is 31.6. The van der Waals surface area contributed by atoms with Gasteiger partial charge in [-0.25, -0.2) is 4.39 Å². The summed E-state index contributed by atoms with van der Waals surface area (Å²) in [6, 6.07) is 14.2. The largest absolute Gasteiger partial charge is 0.490 e. The second-order valence-electron chi connectivity index (χ2n) is 11.6. The number of ether oxygens (including phenoxy) is 2. The van der Waals surface area contributed by atoms with Gasteiger partial charge in [-0.05, 0) is 60.6 Å². The number of aliphatic hydroxyl groups excluding tert-OH is 4. The molecule has 0 aromatic heterocycles. The number of nitrogens with one attached hydrogen (secondary N) is 1. The molecule has 43 heavy (non-hydrogen) atoms. The second kappa shape index (κ2) is 13.9. The van der Waals surface area contributed by atoms with Crippen molar-refractivity contribution in [1.82, 2.24) is 10.2 Å². The van der Waals surface area contributed by atoms with Gasteiger partial charge in [-0.3, -0.25) is 4.79 Å². The van der Waals surface area contributed by atoms with Gasteiger partial charge in [0.05, 0.1) is 25.8 Å². The normalized spacial score (nSPS) is 32.5. The number of amides is 1. The molecule has 10 nitrogen and oxygen atoms in total. The third-order valence-electron chi connectivity index (χ3n) is 8.56. The lowest BCUT2D eigenvalue weighted by atomic mass is 9.90. The number of aliphatic hydroxyl groups is 4. The highest BCUT2D eigenvalue weighted by Gasteiger charge is 2.44. The van der Waals surface area contributed by atoms with Gasteiger partial charge in [0, 0.05) is 17.5 Å². The van der Waals surface area contributed by atoms with Gasteiger partial charge < -0.3 is 40.1 Å². The van der Waals surface area contributed by atoms with Crippen molar-refractivity contribution < 1.29 is 39.1 Å². The Morgan fingerprint density at radius 2 is 1.88 bits per heavy atom. The van der Waals surface area contributed by atoms with E-state index < -0.39 is 49.3 Å². The van der Waals surface area contributed by atoms with Gasteiger partial charge in [0.25, 0.3) is 0 Å². The van der Waals surface area contributed by atoms with Crippen LogP contribution in [-0.2, 0) is 16.0 Å². The first-order valence-corrected chi connectivity index (χ1v) is 15.0. The number of rotatable bonds is 9. The van der Waals surface area contributed by atoms with Crippen LogP contribution in [-0.4, -0.2) is 99.7 Å². The fraction of sp³-hybridized carbons (Fsp3) is 0.548. The lowest BCUT2D eigenvalue weighted by Gasteiger charge is -2.40. The van der Waals surface area contributed by atoms with Gasteiger partial charge >= 0.3 is 0 Å². The summed E-state index contributed by atoms with van der Waals surface area (Å²) in [4.78, 5) is 13.8. The molecule has 2 saturated heterocycles. The molecule has 5 rings (SSSR count). The number of likely N-dealkylation sites (tertiary alicyclic amines) is 1. The SMILES string of the molecule is N#C[C@@H]1C[C@H](F)CN1C(=O)CN[C@@H]1CC[C@H](Oc2ccc(Cc3cc([C@@H]4O[C@H](CO)[C@@H](O)[C@H](O)[C@H]4O)ccc3Cl)cc2)C1. The van der Waals surface area contributed by atoms with E-state index in [-0.39, 0.29) is 37.6 Å². The molecule has 1 aliphatic carbocycles. The summed E-state index contributed by atoms with van der Waals surface area (Å²) < 4.78 is 25.5. The summed E-state index contributed by atoms with van der Waals surface area (Å²) in [5.74, 6) is 0.458. The van der Waals surface area contributed by atoms with Crippen LogP contribution in [0.25, 0.3) is 0 Å². The average Bonchev–Trinajstić information content (AvgIpc) is 3.62. The Morgan fingerprint density at radius 3 is 2.60 bits per heavy atom. The van der Waals surface area contributed by atoms with E-state index in [1.165, 1.54) is 4.90 Å². The fourth-order valence-corrected chi connectivity index (χ4v) is 6.32. The van der Waals surface area contributed by atoms with Crippen LogP contribution < -0.4 is 10.1 Å². The Labute approximate surface area is 254 Å². The monoisotopic (exact) mass is 617 g/mol. The summed E-state index contributed by atoms with van der Waals surface area (Å²) in [7, 11) is 0. The maximum atomic E-state index is 13.6. The van der Waals surface area contributed by atoms with E-state index in [1.807, 2.05) is 30.3 Å². The maximum Gasteiger partial charge on any atom is 0.237 e. The smallest absolute Gasteiger partial charge is 0.237 e. The first-order chi connectivity index (χ1) is 20.7. The summed E-state index contributed by atoms with van der Waals surface area (Å²) in [5.41, 5.74) is 2.32. The van der Waals surface area contributed by atoms with Gasteiger partial charge in [0.2, 0.25) is 5.91 Å². The van der Waals surface area contributed by atoms with Crippen molar-refractivity contribution in [2.75, 3.05) is 19.7 Å². The van der Waals surface area contributed by atoms with Crippen LogP contribution in [0.1, 0.15) is 48.5 Å². The summed E-state index contributed by atoms with van der Waals surface area (Å²) in [6.07, 6.45) is -4.43. The van der Waals surface area contributed by atoms with Crippen molar-refractivity contribution in [2.24, 2.45) is 0 Å². The minimum atomic E-state index is -1.46. The molecule has 1 amide bonds. The number of benzene rings is 2. The Morgan fingerprint density at radius 1 is 1.12 bits per heavy atom. The highest BCUT2D eigenvalue weighted by molar-refractivity contribution is 6.31. The second-order valence-corrected chi connectivity index (χ2v) is 12.0. The zero-order valence-electron chi connectivity index (χ0n) is 23.6. The van der Waals surface area contributed by atoms with Gasteiger partial charge in [-0.15, -0.1) is 0 Å². The minimum absolute atomic E-state index is 0.0167. The molecule has 0 unspecified atom stereocenters. The standard InChI is InChI=1S/C31H37ClFN3O7/c32-25-8-3-18(31-30(41)29(40)28(39)26(16-37)43-31)10-19(25)9-17-1-5-23(6-2-17)42-24-7-4-21(12-24)35-14-27(38)36-15-20(33)11-22(36)13-34/h1-3,5-6,8,10,20-22,24,26,28-31,35,37,39-41H,4,7,9,11-12,14-16H2/t20-,21+,22-,24-,26+,28+,29-,30+,31-/m0/s1. The van der Waals surface area contributed by atoms with Crippen molar-refractivity contribution in [3.63, 3.8) is 0 Å². The van der Waals surface area contributed by atoms with Crippen LogP contribution in [0, 0.1) is 11.3 Å². The Hall–Kier alpha value is -2.82. The third-order valence-corrected chi connectivity index (χ3v) is 8.93. The molecule has 2 aromatic rings. The fourth-order valence-electron chi connectivity index (χ4n) is 6.13. The van der Waals surface area contributed by atoms with E-state index in [0.717, 1.165) is 36.1 Å². The molecule has 9 atom stereocenters. The summed E-state index contributed by atoms with van der Waals surface area (Å²) in [6.45, 7) is -0.462. The molecule has 3 aliphatic rings. The predicted octanol–water partition coefficient (Wildman–Crippen LogP) is 1.80. The van der Waals surface area contributed by atoms with Gasteiger partial charge in [0.15, 0.2) is 0 Å². The third kappa shape index (κ3) is 7.29. The van der Waals surface area contributed by atoms with Gasteiger partial charge in [-0.2, -0.15) is 5.26 Å². The lowest BCUT2D eigenvalue weighted by molar-refractivity contribution is -0.231. The number of carbonyl (C=O) groups is 1. The molecule has 2 heterocycles. The lowest BCUT2D eigenvalue weighted by Crippen LogP contribution is -2.55. The molecule has 0 bridgehead atoms. The zero-order valence-corrected chi connectivity index (χ0v) is 24.3. The molecule has 12 heteroatoms. The van der Waals surface area contributed by atoms with Gasteiger partial charge in [0.1, 0.15) is 54.6 Å². The molecule has 1 saturated carbocycles. The van der Waals surface area contributed by atoms with Crippen LogP contribution in [0.3, 0.4) is 0 Å². The van der Waals surface area contributed by atoms with E-state index in [9.17, 15) is 34.9 Å². The molecular formula is C31H37ClFN3O7. The van der Waals surface area contributed by atoms with Crippen LogP contribution in [0.2, 0.25) is 5.02 Å². The molecular weight excluding hydrogens is 581 g/mol. The molecule has 2 aromatic carbocycles. The number of halogens is 2. The topological polar surface area (TPSA) is 156 Å². The number of hydrogen-bond donors (Lipinski definition) is 5. The van der Waals surface area contributed by atoms with E-state index >= 15 is 0 Å². The van der Waals surface area contributed by atoms with Crippen molar-refractivity contribution in [1.29, 1.82) is 5.26 Å². The Balaban J connectivity index is 1.13. The van der Waals surface area contributed by atoms with Crippen LogP contribution in [0.15, 0.2) is 42.5 Å². The average molecular weight is 618 g/mol. The zero-order chi connectivity index (χ0) is 30.7. The van der Waals surface area contributed by atoms with E-state index in [2.05, 4.69) is 5.32 Å². The number of nitrogens with zero attached hydrogens (tertiary/aromatic N) is 2. The summed E-state index contributed by atoms with van der Waals surface area (Å²) in [5, 5.41) is 53.2. The molecule has 2 aliphatic heterocycles. The van der Waals surface area contributed by atoms with E-state index in [4.69, 9.17) is 21.1 Å². The highest BCUT2D eigenvalue weighted by atomic mass is 35.5. The van der Waals surface area contributed by atoms with Crippen molar-refractivity contribution in [2.45, 2.75) is 87.0 Å². The minimum Gasteiger partial charge on any atom is -0.490 e. The molecule has 232 valence electrons. The van der Waals surface area contributed by atoms with E-state index in [0.29, 0.717) is 17.0 Å². The molecule has 3 fully saturated rings. The quantitative estimate of drug-likeness (QED) is 0.283. The van der Waals surface area contributed by atoms with Gasteiger partial charge in [-0.1, -0.05) is 35.9 Å². The maximum absolute atomic E-state index is 13.6.